The monoisotopic (exact) mass is 252 g/mol. The van der Waals surface area contributed by atoms with Crippen LogP contribution in [0.15, 0.2) is 0 Å². The van der Waals surface area contributed by atoms with Crippen LogP contribution in [0.4, 0.5) is 0 Å². The molecule has 1 aliphatic carbocycles. The van der Waals surface area contributed by atoms with Crippen molar-refractivity contribution in [2.24, 2.45) is 10.8 Å². The highest BCUT2D eigenvalue weighted by molar-refractivity contribution is 5.85. The van der Waals surface area contributed by atoms with E-state index in [1.807, 2.05) is 13.8 Å². The van der Waals surface area contributed by atoms with E-state index in [1.165, 1.54) is 0 Å². The average molecular weight is 252 g/mol. The van der Waals surface area contributed by atoms with Crippen LogP contribution >= 0.6 is 0 Å². The first-order chi connectivity index (χ1) is 8.37. The highest BCUT2D eigenvalue weighted by Crippen LogP contribution is 2.43. The van der Waals surface area contributed by atoms with Gasteiger partial charge in [-0.3, -0.25) is 4.79 Å². The van der Waals surface area contributed by atoms with Crippen molar-refractivity contribution in [3.05, 3.63) is 0 Å². The van der Waals surface area contributed by atoms with Crippen LogP contribution in [0.2, 0.25) is 0 Å². The molecule has 0 aromatic rings. The second kappa shape index (κ2) is 5.27. The second-order valence-electron chi connectivity index (χ2n) is 5.71. The van der Waals surface area contributed by atoms with Gasteiger partial charge in [0.15, 0.2) is 0 Å². The van der Waals surface area contributed by atoms with Crippen LogP contribution in [0.25, 0.3) is 0 Å². The number of rotatable bonds is 5. The third-order valence-corrected chi connectivity index (χ3v) is 4.62. The van der Waals surface area contributed by atoms with Crippen molar-refractivity contribution in [1.82, 2.24) is 5.32 Å². The van der Waals surface area contributed by atoms with Crippen molar-refractivity contribution >= 4 is 5.91 Å². The summed E-state index contributed by atoms with van der Waals surface area (Å²) in [4.78, 5) is 12.3. The third kappa shape index (κ3) is 2.24. The van der Waals surface area contributed by atoms with E-state index in [2.05, 4.69) is 25.2 Å². The molecule has 2 unspecified atom stereocenters. The van der Waals surface area contributed by atoms with Gasteiger partial charge in [-0.25, -0.2) is 0 Å². The van der Waals surface area contributed by atoms with Crippen molar-refractivity contribution < 1.29 is 9.53 Å². The van der Waals surface area contributed by atoms with E-state index < -0.39 is 5.41 Å². The Morgan fingerprint density at radius 2 is 2.06 bits per heavy atom. The maximum atomic E-state index is 12.3. The Morgan fingerprint density at radius 3 is 2.39 bits per heavy atom. The first-order valence-electron chi connectivity index (χ1n) is 6.63. The molecule has 4 heteroatoms. The Morgan fingerprint density at radius 1 is 1.50 bits per heavy atom. The summed E-state index contributed by atoms with van der Waals surface area (Å²) < 4.78 is 5.36. The number of amides is 1. The molecule has 1 saturated carbocycles. The van der Waals surface area contributed by atoms with Crippen molar-refractivity contribution in [2.45, 2.75) is 59.1 Å². The molecule has 2 atom stereocenters. The van der Waals surface area contributed by atoms with E-state index in [4.69, 9.17) is 4.74 Å². The lowest BCUT2D eigenvalue weighted by molar-refractivity contribution is -0.139. The lowest BCUT2D eigenvalue weighted by atomic mass is 9.64. The lowest BCUT2D eigenvalue weighted by Crippen LogP contribution is -2.63. The predicted octanol–water partition coefficient (Wildman–Crippen LogP) is 2.25. The highest BCUT2D eigenvalue weighted by Gasteiger charge is 2.50. The zero-order valence-corrected chi connectivity index (χ0v) is 12.0. The van der Waals surface area contributed by atoms with E-state index in [1.54, 1.807) is 7.11 Å². The largest absolute Gasteiger partial charge is 0.381 e. The minimum Gasteiger partial charge on any atom is -0.381 e. The first-order valence-corrected chi connectivity index (χ1v) is 6.63. The maximum Gasteiger partial charge on any atom is 0.240 e. The Hall–Kier alpha value is -1.08. The molecule has 0 saturated heterocycles. The smallest absolute Gasteiger partial charge is 0.240 e. The van der Waals surface area contributed by atoms with Gasteiger partial charge in [-0.15, -0.1) is 0 Å². The summed E-state index contributed by atoms with van der Waals surface area (Å²) in [6, 6.07) is 2.28. The van der Waals surface area contributed by atoms with E-state index in [9.17, 15) is 10.1 Å². The molecule has 1 amide bonds. The molecule has 0 radical (unpaired) electrons. The fourth-order valence-corrected chi connectivity index (χ4v) is 2.61. The number of nitrogens with one attached hydrogen (secondary N) is 1. The average Bonchev–Trinajstić information content (AvgIpc) is 2.36. The zero-order chi connectivity index (χ0) is 14.0. The lowest BCUT2D eigenvalue weighted by Gasteiger charge is -2.51. The van der Waals surface area contributed by atoms with E-state index in [0.717, 1.165) is 6.42 Å². The summed E-state index contributed by atoms with van der Waals surface area (Å²) in [5.41, 5.74) is -0.943. The molecular weight excluding hydrogens is 228 g/mol. The summed E-state index contributed by atoms with van der Waals surface area (Å²) in [6.45, 7) is 7.94. The topological polar surface area (TPSA) is 62.1 Å². The van der Waals surface area contributed by atoms with Crippen LogP contribution in [0, 0.1) is 22.2 Å². The van der Waals surface area contributed by atoms with Crippen LogP contribution in [0.1, 0.15) is 47.0 Å². The SMILES string of the molecule is CCC(C#N)(CC)C(=O)NC1CC(OC)C1(C)C. The van der Waals surface area contributed by atoms with Gasteiger partial charge in [-0.1, -0.05) is 27.7 Å². The summed E-state index contributed by atoms with van der Waals surface area (Å²) >= 11 is 0. The number of nitriles is 1. The van der Waals surface area contributed by atoms with Gasteiger partial charge < -0.3 is 10.1 Å². The number of nitrogens with zero attached hydrogens (tertiary/aromatic N) is 1. The number of carbonyl (C=O) groups is 1. The van der Waals surface area contributed by atoms with E-state index in [-0.39, 0.29) is 23.5 Å². The zero-order valence-electron chi connectivity index (χ0n) is 12.0. The Labute approximate surface area is 110 Å². The van der Waals surface area contributed by atoms with Crippen LogP contribution in [0.5, 0.6) is 0 Å². The number of methoxy groups -OCH3 is 1. The fraction of sp³-hybridized carbons (Fsp3) is 0.857. The van der Waals surface area contributed by atoms with Crippen molar-refractivity contribution in [3.8, 4) is 6.07 Å². The van der Waals surface area contributed by atoms with Crippen LogP contribution in [-0.4, -0.2) is 25.2 Å². The Balaban J connectivity index is 2.70. The van der Waals surface area contributed by atoms with Crippen LogP contribution < -0.4 is 5.32 Å². The third-order valence-electron chi connectivity index (χ3n) is 4.62. The number of carbonyl (C=O) groups excluding carboxylic acids is 1. The number of hydrogen-bond acceptors (Lipinski definition) is 3. The molecule has 0 aromatic carbocycles. The second-order valence-corrected chi connectivity index (χ2v) is 5.71. The summed E-state index contributed by atoms with van der Waals surface area (Å²) in [5, 5.41) is 12.3. The standard InChI is InChI=1S/C14H24N2O2/c1-6-14(7-2,9-15)12(17)16-10-8-11(18-5)13(10,3)4/h10-11H,6-8H2,1-5H3,(H,16,17). The summed E-state index contributed by atoms with van der Waals surface area (Å²) in [7, 11) is 1.70. The molecule has 1 rings (SSSR count). The minimum atomic E-state index is -0.881. The molecule has 1 fully saturated rings. The molecule has 0 aromatic heterocycles. The van der Waals surface area contributed by atoms with Crippen LogP contribution in [0.3, 0.4) is 0 Å². The maximum absolute atomic E-state index is 12.3. The highest BCUT2D eigenvalue weighted by atomic mass is 16.5. The van der Waals surface area contributed by atoms with Crippen molar-refractivity contribution in [2.75, 3.05) is 7.11 Å². The number of ether oxygens (including phenoxy) is 1. The van der Waals surface area contributed by atoms with Crippen LogP contribution in [-0.2, 0) is 9.53 Å². The van der Waals surface area contributed by atoms with Gasteiger partial charge in [-0.2, -0.15) is 5.26 Å². The molecule has 0 spiro atoms. The van der Waals surface area contributed by atoms with E-state index >= 15 is 0 Å². The molecule has 18 heavy (non-hydrogen) atoms. The fourth-order valence-electron chi connectivity index (χ4n) is 2.61. The molecule has 4 nitrogen and oxygen atoms in total. The molecule has 0 bridgehead atoms. The quantitative estimate of drug-likeness (QED) is 0.816. The van der Waals surface area contributed by atoms with E-state index in [0.29, 0.717) is 12.8 Å². The van der Waals surface area contributed by atoms with Gasteiger partial charge in [0.1, 0.15) is 5.41 Å². The van der Waals surface area contributed by atoms with Gasteiger partial charge >= 0.3 is 0 Å². The Bertz CT molecular complexity index is 353. The van der Waals surface area contributed by atoms with Crippen molar-refractivity contribution in [1.29, 1.82) is 5.26 Å². The minimum absolute atomic E-state index is 0.0624. The molecule has 102 valence electrons. The van der Waals surface area contributed by atoms with Gasteiger partial charge in [0.25, 0.3) is 0 Å². The first kappa shape index (κ1) is 15.0. The molecule has 0 heterocycles. The molecular formula is C14H24N2O2. The summed E-state index contributed by atoms with van der Waals surface area (Å²) in [5.74, 6) is -0.136. The van der Waals surface area contributed by atoms with Gasteiger partial charge in [0.2, 0.25) is 5.91 Å². The number of hydrogen-bond donors (Lipinski definition) is 1. The summed E-state index contributed by atoms with van der Waals surface area (Å²) in [6.07, 6.45) is 2.10. The normalized spacial score (nSPS) is 26.0. The van der Waals surface area contributed by atoms with Gasteiger partial charge in [0.05, 0.1) is 12.2 Å². The molecule has 0 aliphatic heterocycles. The predicted molar refractivity (Wildman–Crippen MR) is 69.8 cm³/mol. The van der Waals surface area contributed by atoms with Gasteiger partial charge in [-0.05, 0) is 19.3 Å². The molecule has 1 N–H and O–H groups in total. The van der Waals surface area contributed by atoms with Gasteiger partial charge in [0, 0.05) is 18.6 Å². The molecule has 1 aliphatic rings. The van der Waals surface area contributed by atoms with Crippen molar-refractivity contribution in [3.63, 3.8) is 0 Å². The Kier molecular flexibility index (Phi) is 4.39.